The maximum absolute atomic E-state index is 14.4. The van der Waals surface area contributed by atoms with E-state index >= 15 is 0 Å². The molecular weight excluding hydrogens is 325 g/mol. The van der Waals surface area contributed by atoms with Crippen molar-refractivity contribution in [2.24, 2.45) is 5.92 Å². The summed E-state index contributed by atoms with van der Waals surface area (Å²) in [5, 5.41) is 13.3. The minimum atomic E-state index is -4.15. The van der Waals surface area contributed by atoms with Gasteiger partial charge >= 0.3 is 10.2 Å². The van der Waals surface area contributed by atoms with E-state index in [1.54, 1.807) is 4.72 Å². The lowest BCUT2D eigenvalue weighted by molar-refractivity contribution is -0.117. The highest BCUT2D eigenvalue weighted by Crippen LogP contribution is 2.35. The topological polar surface area (TPSA) is 98.7 Å². The molecule has 23 heavy (non-hydrogen) atoms. The predicted octanol–water partition coefficient (Wildman–Crippen LogP) is 0.254. The number of phenolic OH excluding ortho intramolecular Hbond substituents is 1. The summed E-state index contributed by atoms with van der Waals surface area (Å²) < 4.78 is 40.2. The minimum absolute atomic E-state index is 0.402. The molecule has 126 valence electrons. The molecule has 2 saturated heterocycles. The van der Waals surface area contributed by atoms with E-state index in [4.69, 9.17) is 0 Å². The van der Waals surface area contributed by atoms with Crippen LogP contribution in [0, 0.1) is 11.7 Å². The van der Waals surface area contributed by atoms with Crippen LogP contribution in [0.3, 0.4) is 0 Å². The number of carbonyl (C=O) groups is 1. The highest BCUT2D eigenvalue weighted by atomic mass is 32.2. The Balaban J connectivity index is 1.87. The number of amides is 1. The number of aromatic hydroxyl groups is 1. The van der Waals surface area contributed by atoms with Crippen LogP contribution in [0.1, 0.15) is 18.4 Å². The Kier molecular flexibility index (Phi) is 4.15. The van der Waals surface area contributed by atoms with Crippen molar-refractivity contribution < 1.29 is 22.7 Å². The Morgan fingerprint density at radius 3 is 2.57 bits per heavy atom. The molecule has 7 nitrogen and oxygen atoms in total. The molecule has 0 unspecified atom stereocenters. The number of anilines is 1. The van der Waals surface area contributed by atoms with Crippen LogP contribution in [0.5, 0.6) is 5.75 Å². The number of nitrogens with zero attached hydrogens (tertiary/aromatic N) is 1. The van der Waals surface area contributed by atoms with Gasteiger partial charge in [0.2, 0.25) is 0 Å². The van der Waals surface area contributed by atoms with Crippen LogP contribution in [0.4, 0.5) is 10.1 Å². The van der Waals surface area contributed by atoms with Crippen molar-refractivity contribution in [3.05, 3.63) is 23.5 Å². The first-order valence-electron chi connectivity index (χ1n) is 7.42. The van der Waals surface area contributed by atoms with Crippen LogP contribution in [0.25, 0.3) is 0 Å². The van der Waals surface area contributed by atoms with E-state index in [-0.39, 0.29) is 0 Å². The van der Waals surface area contributed by atoms with Gasteiger partial charge in [0.25, 0.3) is 5.91 Å². The molecule has 1 amide bonds. The van der Waals surface area contributed by atoms with E-state index in [1.807, 2.05) is 0 Å². The molecule has 1 aromatic rings. The molecule has 3 rings (SSSR count). The number of phenols is 1. The number of rotatable bonds is 3. The van der Waals surface area contributed by atoms with E-state index < -0.39 is 39.9 Å². The van der Waals surface area contributed by atoms with Gasteiger partial charge in [-0.2, -0.15) is 8.42 Å². The Morgan fingerprint density at radius 2 is 2.00 bits per heavy atom. The monoisotopic (exact) mass is 343 g/mol. The summed E-state index contributed by atoms with van der Waals surface area (Å²) >= 11 is 0. The van der Waals surface area contributed by atoms with Gasteiger partial charge in [0, 0.05) is 0 Å². The molecule has 3 N–H and O–H groups in total. The molecule has 0 aliphatic carbocycles. The highest BCUT2D eigenvalue weighted by molar-refractivity contribution is 7.92. The van der Waals surface area contributed by atoms with Crippen LogP contribution in [0.2, 0.25) is 0 Å². The first-order chi connectivity index (χ1) is 10.9. The van der Waals surface area contributed by atoms with Gasteiger partial charge in [-0.1, -0.05) is 0 Å². The molecule has 2 aliphatic rings. The van der Waals surface area contributed by atoms with Gasteiger partial charge in [0.1, 0.15) is 18.0 Å². The molecule has 0 radical (unpaired) electrons. The van der Waals surface area contributed by atoms with Crippen molar-refractivity contribution in [3.8, 4) is 5.75 Å². The van der Waals surface area contributed by atoms with Crippen molar-refractivity contribution in [1.29, 1.82) is 0 Å². The zero-order chi connectivity index (χ0) is 16.6. The lowest BCUT2D eigenvalue weighted by Gasteiger charge is -2.23. The summed E-state index contributed by atoms with van der Waals surface area (Å²) in [6.07, 6.45) is 2.57. The second-order valence-corrected chi connectivity index (χ2v) is 7.47. The fourth-order valence-electron chi connectivity index (χ4n) is 3.07. The summed E-state index contributed by atoms with van der Waals surface area (Å²) in [6, 6.07) is 2.61. The van der Waals surface area contributed by atoms with Gasteiger partial charge in [-0.15, -0.1) is 0 Å². The number of hydrogen-bond acceptors (Lipinski definition) is 5. The lowest BCUT2D eigenvalue weighted by Crippen LogP contribution is -2.30. The van der Waals surface area contributed by atoms with E-state index in [1.165, 1.54) is 12.1 Å². The molecule has 0 aromatic heterocycles. The second kappa shape index (κ2) is 5.97. The number of hydrogen-bond donors (Lipinski definition) is 3. The van der Waals surface area contributed by atoms with Gasteiger partial charge in [0.15, 0.2) is 5.82 Å². The van der Waals surface area contributed by atoms with Crippen molar-refractivity contribution in [3.63, 3.8) is 0 Å². The average Bonchev–Trinajstić information content (AvgIpc) is 2.72. The molecule has 1 aromatic carbocycles. The molecule has 0 atom stereocenters. The van der Waals surface area contributed by atoms with Crippen LogP contribution in [-0.4, -0.2) is 39.1 Å². The van der Waals surface area contributed by atoms with E-state index in [0.29, 0.717) is 22.2 Å². The molecule has 9 heteroatoms. The fraction of sp³-hybridized carbons (Fsp3) is 0.500. The summed E-state index contributed by atoms with van der Waals surface area (Å²) in [5.41, 5.74) is 0.129. The Bertz CT molecular complexity index is 709. The van der Waals surface area contributed by atoms with Gasteiger partial charge in [-0.05, 0) is 56.0 Å². The van der Waals surface area contributed by atoms with Crippen LogP contribution >= 0.6 is 0 Å². The van der Waals surface area contributed by atoms with Crippen LogP contribution < -0.4 is 14.3 Å². The maximum atomic E-state index is 14.4. The number of carbonyl (C=O) groups excluding carboxylic acids is 1. The zero-order valence-corrected chi connectivity index (χ0v) is 13.2. The Hall–Kier alpha value is -1.87. The zero-order valence-electron chi connectivity index (χ0n) is 12.4. The van der Waals surface area contributed by atoms with Gasteiger partial charge in [0.05, 0.1) is 0 Å². The fourth-order valence-corrected chi connectivity index (χ4v) is 4.24. The quantitative estimate of drug-likeness (QED) is 0.731. The summed E-state index contributed by atoms with van der Waals surface area (Å²) in [4.78, 5) is 11.3. The average molecular weight is 343 g/mol. The third-order valence-electron chi connectivity index (χ3n) is 4.16. The lowest BCUT2D eigenvalue weighted by atomic mass is 9.91. The summed E-state index contributed by atoms with van der Waals surface area (Å²) in [5.74, 6) is -1.69. The number of piperidine rings is 1. The van der Waals surface area contributed by atoms with Gasteiger partial charge in [-0.25, -0.2) is 13.4 Å². The summed E-state index contributed by atoms with van der Waals surface area (Å²) in [6.45, 7) is 1.29. The molecule has 2 fully saturated rings. The van der Waals surface area contributed by atoms with Gasteiger partial charge in [-0.3, -0.25) is 4.79 Å². The standard InChI is InChI=1S/C14H18FN3O4S/c15-11-6-10(5-9-1-3-16-4-2-9)7-12(19)14(11)18-8-13(20)17-23(18,21)22/h6-7,9,16,19H,1-5,8H2,(H,17,20). The molecular formula is C14H18FN3O4S. The maximum Gasteiger partial charge on any atom is 0.326 e. The van der Waals surface area contributed by atoms with E-state index in [9.17, 15) is 22.7 Å². The first-order valence-corrected chi connectivity index (χ1v) is 8.86. The normalized spacial score (nSPS) is 21.4. The molecule has 0 bridgehead atoms. The molecule has 0 spiro atoms. The SMILES string of the molecule is O=C1CN(c2c(O)cc(CC3CCNCC3)cc2F)S(=O)(=O)N1. The largest absolute Gasteiger partial charge is 0.506 e. The molecule has 2 heterocycles. The Morgan fingerprint density at radius 1 is 1.30 bits per heavy atom. The van der Waals surface area contributed by atoms with Crippen LogP contribution in [-0.2, 0) is 21.4 Å². The van der Waals surface area contributed by atoms with Crippen molar-refractivity contribution >= 4 is 21.8 Å². The Labute approximate surface area is 133 Å². The van der Waals surface area contributed by atoms with E-state index in [2.05, 4.69) is 5.32 Å². The number of benzene rings is 1. The second-order valence-electron chi connectivity index (χ2n) is 5.88. The smallest absolute Gasteiger partial charge is 0.326 e. The predicted molar refractivity (Wildman–Crippen MR) is 81.8 cm³/mol. The summed E-state index contributed by atoms with van der Waals surface area (Å²) in [7, 11) is -4.15. The molecule has 2 aliphatic heterocycles. The minimum Gasteiger partial charge on any atom is -0.506 e. The van der Waals surface area contributed by atoms with Crippen molar-refractivity contribution in [1.82, 2.24) is 10.0 Å². The third-order valence-corrected chi connectivity index (χ3v) is 5.53. The first kappa shape index (κ1) is 16.0. The van der Waals surface area contributed by atoms with Crippen molar-refractivity contribution in [2.75, 3.05) is 23.9 Å². The highest BCUT2D eigenvalue weighted by Gasteiger charge is 2.37. The molecule has 0 saturated carbocycles. The van der Waals surface area contributed by atoms with Gasteiger partial charge < -0.3 is 10.4 Å². The number of nitrogens with one attached hydrogen (secondary N) is 2. The van der Waals surface area contributed by atoms with Crippen molar-refractivity contribution in [2.45, 2.75) is 19.3 Å². The van der Waals surface area contributed by atoms with E-state index in [0.717, 1.165) is 25.9 Å². The third kappa shape index (κ3) is 3.25. The number of halogens is 1. The van der Waals surface area contributed by atoms with Crippen LogP contribution in [0.15, 0.2) is 12.1 Å².